The largest absolute Gasteiger partial charge is 0.494 e. The van der Waals surface area contributed by atoms with Gasteiger partial charge in [-0.2, -0.15) is 0 Å². The number of hydrogen-bond acceptors (Lipinski definition) is 7. The Bertz CT molecular complexity index is 2000. The predicted octanol–water partition coefficient (Wildman–Crippen LogP) is 8.07. The van der Waals surface area contributed by atoms with Crippen LogP contribution in [0.4, 0.5) is 0 Å². The van der Waals surface area contributed by atoms with E-state index in [-0.39, 0.29) is 25.5 Å². The first-order chi connectivity index (χ1) is 26.1. The lowest BCUT2D eigenvalue weighted by molar-refractivity contribution is -0.130. The van der Waals surface area contributed by atoms with Gasteiger partial charge in [-0.3, -0.25) is 10.2 Å². The van der Waals surface area contributed by atoms with Crippen molar-refractivity contribution in [1.29, 1.82) is 0 Å². The van der Waals surface area contributed by atoms with Gasteiger partial charge in [-0.05, 0) is 82.4 Å². The monoisotopic (exact) mass is 708 g/mol. The van der Waals surface area contributed by atoms with Crippen molar-refractivity contribution in [1.82, 2.24) is 10.9 Å². The first kappa shape index (κ1) is 36.8. The number of benzene rings is 5. The van der Waals surface area contributed by atoms with Crippen molar-refractivity contribution in [3.63, 3.8) is 0 Å². The summed E-state index contributed by atoms with van der Waals surface area (Å²) >= 11 is 0. The quantitative estimate of drug-likeness (QED) is 0.0278. The van der Waals surface area contributed by atoms with Gasteiger partial charge in [0.2, 0.25) is 5.90 Å². The molecule has 1 amide bonds. The van der Waals surface area contributed by atoms with Crippen molar-refractivity contribution in [2.45, 2.75) is 50.3 Å². The van der Waals surface area contributed by atoms with Crippen LogP contribution in [0.25, 0.3) is 21.6 Å². The topological polar surface area (TPSA) is 141 Å². The lowest BCUT2D eigenvalue weighted by atomic mass is 9.80. The van der Waals surface area contributed by atoms with Crippen LogP contribution >= 0.6 is 0 Å². The average molecular weight is 709 g/mol. The lowest BCUT2D eigenvalue weighted by Crippen LogP contribution is -2.54. The van der Waals surface area contributed by atoms with Crippen LogP contribution in [0.2, 0.25) is 0 Å². The molecule has 270 valence electrons. The van der Waals surface area contributed by atoms with E-state index in [1.165, 1.54) is 5.56 Å². The molecule has 0 spiro atoms. The van der Waals surface area contributed by atoms with Gasteiger partial charge in [-0.1, -0.05) is 114 Å². The second-order valence-electron chi connectivity index (χ2n) is 12.9. The van der Waals surface area contributed by atoms with E-state index >= 15 is 0 Å². The molecular weight excluding hydrogens is 665 g/mol. The van der Waals surface area contributed by atoms with E-state index in [1.54, 1.807) is 0 Å². The molecule has 53 heavy (non-hydrogen) atoms. The summed E-state index contributed by atoms with van der Waals surface area (Å²) in [5, 5.41) is 13.0. The van der Waals surface area contributed by atoms with Gasteiger partial charge in [0, 0.05) is 36.5 Å². The Hall–Kier alpha value is -5.93. The van der Waals surface area contributed by atoms with Crippen LogP contribution in [0.15, 0.2) is 144 Å². The normalized spacial score (nSPS) is 16.2. The number of carbonyl (C=O) groups excluding carboxylic acids is 1. The molecule has 1 heterocycles. The molecule has 0 bridgehead atoms. The molecule has 0 unspecified atom stereocenters. The molecule has 10 nitrogen and oxygen atoms in total. The number of rotatable bonds is 18. The van der Waals surface area contributed by atoms with E-state index < -0.39 is 11.6 Å². The van der Waals surface area contributed by atoms with Gasteiger partial charge in [0.05, 0.1) is 13.2 Å². The molecular formula is C43H44N6O4. The summed E-state index contributed by atoms with van der Waals surface area (Å²) in [7, 11) is 0. The highest BCUT2D eigenvalue weighted by atomic mass is 16.5. The predicted molar refractivity (Wildman–Crippen MR) is 207 cm³/mol. The number of nitrogens with one attached hydrogen (secondary N) is 2. The molecule has 2 atom stereocenters. The number of hydrazine groups is 1. The van der Waals surface area contributed by atoms with E-state index in [0.717, 1.165) is 47.1 Å². The molecule has 0 fully saturated rings. The first-order valence-corrected chi connectivity index (χ1v) is 18.0. The number of ether oxygens (including phenoxy) is 2. The first-order valence-electron chi connectivity index (χ1n) is 18.0. The second kappa shape index (κ2) is 18.5. The SMILES string of the molecule is [N-]=[N+]=NCc1ccccc1C[C@]1(C(=O)NNCCCCc2ccccc2)N=C(c2ccc(OCCCO)cc2)O[C@H]1c1ccc(-c2ccccc2)cc1. The highest BCUT2D eigenvalue weighted by molar-refractivity contribution is 6.01. The minimum atomic E-state index is -1.44. The Morgan fingerprint density at radius 1 is 0.811 bits per heavy atom. The van der Waals surface area contributed by atoms with E-state index in [2.05, 4.69) is 45.1 Å². The Morgan fingerprint density at radius 2 is 1.47 bits per heavy atom. The van der Waals surface area contributed by atoms with Gasteiger partial charge < -0.3 is 14.6 Å². The number of unbranched alkanes of at least 4 members (excludes halogenated alkanes) is 1. The number of aliphatic hydroxyl groups excluding tert-OH is 1. The molecule has 1 aliphatic rings. The fourth-order valence-corrected chi connectivity index (χ4v) is 6.48. The summed E-state index contributed by atoms with van der Waals surface area (Å²) in [6, 6.07) is 43.5. The average Bonchev–Trinajstić information content (AvgIpc) is 3.60. The van der Waals surface area contributed by atoms with Crippen LogP contribution in [0.1, 0.15) is 53.2 Å². The number of carbonyl (C=O) groups is 1. The number of aliphatic imine (C=N–C) groups is 1. The number of azide groups is 1. The van der Waals surface area contributed by atoms with Crippen molar-refractivity contribution < 1.29 is 19.4 Å². The minimum absolute atomic E-state index is 0.0507. The Balaban J connectivity index is 1.34. The Morgan fingerprint density at radius 3 is 2.19 bits per heavy atom. The van der Waals surface area contributed by atoms with Crippen LogP contribution in [0, 0.1) is 0 Å². The maximum Gasteiger partial charge on any atom is 0.266 e. The molecule has 0 saturated carbocycles. The molecule has 0 radical (unpaired) electrons. The molecule has 10 heteroatoms. The van der Waals surface area contributed by atoms with E-state index in [9.17, 15) is 4.79 Å². The Kier molecular flexibility index (Phi) is 12.9. The van der Waals surface area contributed by atoms with Gasteiger partial charge in [-0.15, -0.1) is 0 Å². The number of aryl methyl sites for hydroxylation is 1. The van der Waals surface area contributed by atoms with Crippen LogP contribution < -0.4 is 15.6 Å². The third kappa shape index (κ3) is 9.50. The summed E-state index contributed by atoms with van der Waals surface area (Å²) in [5.41, 5.74) is 20.4. The fourth-order valence-electron chi connectivity index (χ4n) is 6.48. The van der Waals surface area contributed by atoms with Crippen molar-refractivity contribution >= 4 is 11.8 Å². The molecule has 0 saturated heterocycles. The minimum Gasteiger partial charge on any atom is -0.494 e. The number of aliphatic hydroxyl groups is 1. The second-order valence-corrected chi connectivity index (χ2v) is 12.9. The molecule has 5 aromatic carbocycles. The zero-order valence-electron chi connectivity index (χ0n) is 29.6. The summed E-state index contributed by atoms with van der Waals surface area (Å²) in [6.07, 6.45) is 2.70. The van der Waals surface area contributed by atoms with E-state index in [1.807, 2.05) is 109 Å². The van der Waals surface area contributed by atoms with Crippen LogP contribution in [-0.4, -0.2) is 42.2 Å². The summed E-state index contributed by atoms with van der Waals surface area (Å²) in [5.74, 6) is 0.645. The van der Waals surface area contributed by atoms with Gasteiger partial charge in [0.25, 0.3) is 5.91 Å². The van der Waals surface area contributed by atoms with Crippen molar-refractivity contribution in [3.8, 4) is 16.9 Å². The summed E-state index contributed by atoms with van der Waals surface area (Å²) in [4.78, 5) is 22.9. The van der Waals surface area contributed by atoms with Crippen molar-refractivity contribution in [2.24, 2.45) is 10.1 Å². The lowest BCUT2D eigenvalue weighted by Gasteiger charge is -2.31. The van der Waals surface area contributed by atoms with E-state index in [4.69, 9.17) is 25.1 Å². The van der Waals surface area contributed by atoms with Crippen molar-refractivity contribution in [2.75, 3.05) is 19.8 Å². The van der Waals surface area contributed by atoms with Gasteiger partial charge in [0.1, 0.15) is 5.75 Å². The maximum absolute atomic E-state index is 14.7. The Labute approximate surface area is 310 Å². The zero-order chi connectivity index (χ0) is 36.7. The van der Waals surface area contributed by atoms with Gasteiger partial charge >= 0.3 is 0 Å². The van der Waals surface area contributed by atoms with Gasteiger partial charge in [-0.25, -0.2) is 10.4 Å². The molecule has 1 aliphatic heterocycles. The highest BCUT2D eigenvalue weighted by Crippen LogP contribution is 2.43. The molecule has 0 aliphatic carbocycles. The standard InChI is InChI=1S/C43H44N6O4/c44-49-46-31-38-18-8-7-17-37(38)30-43(42(51)48-45-27-10-9-14-32-12-3-1-4-13-32)40(35-21-19-34(20-22-35)33-15-5-2-6-16-33)53-41(47-43)36-23-25-39(26-24-36)52-29-11-28-50/h1-8,12-13,15-26,40,45,50H,9-11,14,27-31H2,(H,48,51)/t40-,43-/m0/s1. The number of amides is 1. The molecule has 6 rings (SSSR count). The van der Waals surface area contributed by atoms with Crippen molar-refractivity contribution in [3.05, 3.63) is 172 Å². The summed E-state index contributed by atoms with van der Waals surface area (Å²) < 4.78 is 12.5. The molecule has 3 N–H and O–H groups in total. The zero-order valence-corrected chi connectivity index (χ0v) is 29.6. The smallest absolute Gasteiger partial charge is 0.266 e. The number of hydrogen-bond donors (Lipinski definition) is 3. The fraction of sp³-hybridized carbons (Fsp3) is 0.256. The summed E-state index contributed by atoms with van der Waals surface area (Å²) in [6.45, 7) is 1.16. The number of nitrogens with zero attached hydrogens (tertiary/aromatic N) is 4. The van der Waals surface area contributed by atoms with Crippen LogP contribution in [-0.2, 0) is 28.9 Å². The third-order valence-corrected chi connectivity index (χ3v) is 9.30. The van der Waals surface area contributed by atoms with Gasteiger partial charge in [0.15, 0.2) is 11.6 Å². The molecule has 0 aromatic heterocycles. The highest BCUT2D eigenvalue weighted by Gasteiger charge is 2.53. The van der Waals surface area contributed by atoms with E-state index in [0.29, 0.717) is 36.8 Å². The third-order valence-electron chi connectivity index (χ3n) is 9.30. The molecule has 5 aromatic rings. The van der Waals surface area contributed by atoms with Crippen LogP contribution in [0.3, 0.4) is 0 Å². The van der Waals surface area contributed by atoms with Crippen LogP contribution in [0.5, 0.6) is 5.75 Å². The maximum atomic E-state index is 14.7.